The van der Waals surface area contributed by atoms with Gasteiger partial charge in [0.1, 0.15) is 6.10 Å². The van der Waals surface area contributed by atoms with Crippen LogP contribution in [-0.2, 0) is 4.74 Å². The minimum Gasteiger partial charge on any atom is -0.495 e. The highest BCUT2D eigenvalue weighted by Gasteiger charge is 2.62. The molecule has 20 heavy (non-hydrogen) atoms. The maximum atomic E-state index is 6.40. The maximum Gasteiger partial charge on any atom is 0.104 e. The first kappa shape index (κ1) is 15.9. The van der Waals surface area contributed by atoms with E-state index in [1.165, 1.54) is 19.3 Å². The van der Waals surface area contributed by atoms with E-state index in [2.05, 4.69) is 55.0 Å². The molecular formula is C19H34O. The molecule has 0 radical (unpaired) electrons. The molecule has 0 spiro atoms. The van der Waals surface area contributed by atoms with Gasteiger partial charge in [0.25, 0.3) is 0 Å². The molecule has 2 aliphatic carbocycles. The lowest BCUT2D eigenvalue weighted by atomic mass is 9.70. The molecule has 1 heteroatoms. The second-order valence-corrected chi connectivity index (χ2v) is 9.35. The molecule has 2 saturated carbocycles. The lowest BCUT2D eigenvalue weighted by molar-refractivity contribution is -0.0224. The number of fused-ring (bicyclic) bond motifs is 2. The molecule has 1 nitrogen and oxygen atoms in total. The van der Waals surface area contributed by atoms with Crippen LogP contribution in [0.25, 0.3) is 0 Å². The molecule has 2 fully saturated rings. The summed E-state index contributed by atoms with van der Waals surface area (Å²) in [5.41, 5.74) is 1.09. The summed E-state index contributed by atoms with van der Waals surface area (Å²) in [4.78, 5) is 0. The SMILES string of the molecule is C=C(OC1CC2CCC1(C)C2(C)C)C(C)CC(C)(C)C. The molecule has 0 aromatic carbocycles. The third-order valence-corrected chi connectivity index (χ3v) is 6.48. The van der Waals surface area contributed by atoms with Gasteiger partial charge in [-0.2, -0.15) is 0 Å². The molecule has 0 heterocycles. The summed E-state index contributed by atoms with van der Waals surface area (Å²) in [6, 6.07) is 0. The summed E-state index contributed by atoms with van der Waals surface area (Å²) in [7, 11) is 0. The second kappa shape index (κ2) is 4.78. The van der Waals surface area contributed by atoms with E-state index >= 15 is 0 Å². The van der Waals surface area contributed by atoms with Crippen molar-refractivity contribution in [2.45, 2.75) is 80.3 Å². The minimum atomic E-state index is 0.335. The molecule has 0 saturated heterocycles. The fraction of sp³-hybridized carbons (Fsp3) is 0.895. The van der Waals surface area contributed by atoms with E-state index in [0.29, 0.717) is 28.3 Å². The molecule has 0 aliphatic heterocycles. The lowest BCUT2D eigenvalue weighted by Crippen LogP contribution is -2.37. The van der Waals surface area contributed by atoms with Crippen molar-refractivity contribution in [2.75, 3.05) is 0 Å². The van der Waals surface area contributed by atoms with Gasteiger partial charge in [-0.05, 0) is 42.4 Å². The third kappa shape index (κ3) is 2.53. The van der Waals surface area contributed by atoms with Gasteiger partial charge in [0.15, 0.2) is 0 Å². The monoisotopic (exact) mass is 278 g/mol. The van der Waals surface area contributed by atoms with Crippen LogP contribution < -0.4 is 0 Å². The van der Waals surface area contributed by atoms with Crippen molar-refractivity contribution in [3.8, 4) is 0 Å². The third-order valence-electron chi connectivity index (χ3n) is 6.48. The lowest BCUT2D eigenvalue weighted by Gasteiger charge is -2.40. The van der Waals surface area contributed by atoms with Crippen LogP contribution in [0.5, 0.6) is 0 Å². The number of allylic oxidation sites excluding steroid dienone is 1. The van der Waals surface area contributed by atoms with Crippen molar-refractivity contribution < 1.29 is 4.74 Å². The average molecular weight is 278 g/mol. The first-order valence-corrected chi connectivity index (χ1v) is 8.33. The van der Waals surface area contributed by atoms with E-state index in [1.807, 2.05) is 0 Å². The largest absolute Gasteiger partial charge is 0.495 e. The van der Waals surface area contributed by atoms with Gasteiger partial charge in [0.2, 0.25) is 0 Å². The summed E-state index contributed by atoms with van der Waals surface area (Å²) in [6.45, 7) is 20.7. The minimum absolute atomic E-state index is 0.335. The number of hydrogen-bond donors (Lipinski definition) is 0. The number of hydrogen-bond acceptors (Lipinski definition) is 1. The van der Waals surface area contributed by atoms with Crippen LogP contribution in [0.4, 0.5) is 0 Å². The van der Waals surface area contributed by atoms with E-state index < -0.39 is 0 Å². The summed E-state index contributed by atoms with van der Waals surface area (Å²) < 4.78 is 6.40. The molecule has 2 rings (SSSR count). The fourth-order valence-corrected chi connectivity index (χ4v) is 4.64. The zero-order chi connectivity index (χ0) is 15.3. The zero-order valence-corrected chi connectivity index (χ0v) is 14.7. The second-order valence-electron chi connectivity index (χ2n) is 9.35. The van der Waals surface area contributed by atoms with Crippen LogP contribution in [0, 0.1) is 28.1 Å². The van der Waals surface area contributed by atoms with Crippen molar-refractivity contribution in [3.05, 3.63) is 12.3 Å². The van der Waals surface area contributed by atoms with Crippen LogP contribution in [0.15, 0.2) is 12.3 Å². The summed E-state index contributed by atoms with van der Waals surface area (Å²) in [5.74, 6) is 2.29. The summed E-state index contributed by atoms with van der Waals surface area (Å²) >= 11 is 0. The topological polar surface area (TPSA) is 9.23 Å². The Balaban J connectivity index is 2.00. The number of ether oxygens (including phenoxy) is 1. The van der Waals surface area contributed by atoms with Crippen LogP contribution >= 0.6 is 0 Å². The van der Waals surface area contributed by atoms with Gasteiger partial charge in [-0.25, -0.2) is 0 Å². The van der Waals surface area contributed by atoms with Crippen molar-refractivity contribution in [3.63, 3.8) is 0 Å². The normalized spacial score (nSPS) is 37.0. The van der Waals surface area contributed by atoms with E-state index in [1.54, 1.807) is 0 Å². The van der Waals surface area contributed by atoms with Gasteiger partial charge in [-0.15, -0.1) is 0 Å². The Kier molecular flexibility index (Phi) is 3.81. The van der Waals surface area contributed by atoms with Gasteiger partial charge in [0, 0.05) is 11.3 Å². The summed E-state index contributed by atoms with van der Waals surface area (Å²) in [5, 5.41) is 0. The Morgan fingerprint density at radius 1 is 1.30 bits per heavy atom. The van der Waals surface area contributed by atoms with Crippen LogP contribution in [0.2, 0.25) is 0 Å². The highest BCUT2D eigenvalue weighted by molar-refractivity contribution is 5.12. The standard InChI is InChI=1S/C19H34O/c1-13(12-17(3,4)5)14(2)20-16-11-15-9-10-19(16,8)18(15,6)7/h13,15-16H,2,9-12H2,1,3-8H3. The van der Waals surface area contributed by atoms with Crippen molar-refractivity contribution in [1.29, 1.82) is 0 Å². The van der Waals surface area contributed by atoms with E-state index in [0.717, 1.165) is 18.1 Å². The summed E-state index contributed by atoms with van der Waals surface area (Å²) in [6.07, 6.45) is 5.45. The Hall–Kier alpha value is -0.460. The highest BCUT2D eigenvalue weighted by atomic mass is 16.5. The van der Waals surface area contributed by atoms with Gasteiger partial charge < -0.3 is 4.74 Å². The zero-order valence-electron chi connectivity index (χ0n) is 14.7. The molecule has 0 amide bonds. The van der Waals surface area contributed by atoms with Crippen molar-refractivity contribution in [1.82, 2.24) is 0 Å². The Morgan fingerprint density at radius 2 is 1.90 bits per heavy atom. The Bertz CT molecular complexity index is 387. The first-order valence-electron chi connectivity index (χ1n) is 8.33. The van der Waals surface area contributed by atoms with Crippen LogP contribution in [0.3, 0.4) is 0 Å². The van der Waals surface area contributed by atoms with Gasteiger partial charge >= 0.3 is 0 Å². The molecule has 116 valence electrons. The molecular weight excluding hydrogens is 244 g/mol. The Morgan fingerprint density at radius 3 is 2.30 bits per heavy atom. The molecule has 0 N–H and O–H groups in total. The predicted octanol–water partition coefficient (Wildman–Crippen LogP) is 5.80. The Labute approximate surface area is 126 Å². The first-order chi connectivity index (χ1) is 8.97. The molecule has 0 aromatic heterocycles. The number of rotatable bonds is 4. The average Bonchev–Trinajstić information content (AvgIpc) is 2.59. The highest BCUT2D eigenvalue weighted by Crippen LogP contribution is 2.66. The molecule has 2 bridgehead atoms. The van der Waals surface area contributed by atoms with Crippen molar-refractivity contribution in [2.24, 2.45) is 28.1 Å². The molecule has 4 unspecified atom stereocenters. The van der Waals surface area contributed by atoms with E-state index in [-0.39, 0.29) is 0 Å². The van der Waals surface area contributed by atoms with Gasteiger partial charge in [-0.3, -0.25) is 0 Å². The van der Waals surface area contributed by atoms with E-state index in [4.69, 9.17) is 4.74 Å². The maximum absolute atomic E-state index is 6.40. The predicted molar refractivity (Wildman–Crippen MR) is 86.5 cm³/mol. The van der Waals surface area contributed by atoms with Crippen molar-refractivity contribution >= 4 is 0 Å². The van der Waals surface area contributed by atoms with Crippen LogP contribution in [-0.4, -0.2) is 6.10 Å². The van der Waals surface area contributed by atoms with Crippen LogP contribution in [0.1, 0.15) is 74.1 Å². The van der Waals surface area contributed by atoms with E-state index in [9.17, 15) is 0 Å². The fourth-order valence-electron chi connectivity index (χ4n) is 4.64. The quantitative estimate of drug-likeness (QED) is 0.590. The van der Waals surface area contributed by atoms with Gasteiger partial charge in [-0.1, -0.05) is 55.0 Å². The smallest absolute Gasteiger partial charge is 0.104 e. The van der Waals surface area contributed by atoms with Gasteiger partial charge in [0.05, 0.1) is 5.76 Å². The molecule has 4 atom stereocenters. The molecule has 2 aliphatic rings. The molecule has 0 aromatic rings.